The predicted octanol–water partition coefficient (Wildman–Crippen LogP) is 9.02. The van der Waals surface area contributed by atoms with Crippen LogP contribution >= 0.6 is 7.92 Å². The van der Waals surface area contributed by atoms with E-state index >= 15 is 0 Å². The third-order valence-electron chi connectivity index (χ3n) is 6.60. The maximum absolute atomic E-state index is 9.67. The molecule has 0 aliphatic heterocycles. The van der Waals surface area contributed by atoms with Crippen molar-refractivity contribution >= 4 is 47.6 Å². The van der Waals surface area contributed by atoms with Crippen molar-refractivity contribution in [2.75, 3.05) is 25.6 Å². The van der Waals surface area contributed by atoms with E-state index in [1.165, 1.54) is 56.4 Å². The minimum absolute atomic E-state index is 0.422. The lowest BCUT2D eigenvalue weighted by atomic mass is 9.97. The van der Waals surface area contributed by atoms with E-state index in [4.69, 9.17) is 9.31 Å². The van der Waals surface area contributed by atoms with Crippen LogP contribution in [0.3, 0.4) is 0 Å². The van der Waals surface area contributed by atoms with E-state index in [2.05, 4.69) is 57.2 Å². The van der Waals surface area contributed by atoms with Crippen molar-refractivity contribution in [3.63, 3.8) is 0 Å². The second-order valence-electron chi connectivity index (χ2n) is 9.40. The van der Waals surface area contributed by atoms with Gasteiger partial charge in [-0.05, 0) is 82.9 Å². The first kappa shape index (κ1) is 28.4. The average Bonchev–Trinajstić information content (AvgIpc) is 2.91. The van der Waals surface area contributed by atoms with Crippen molar-refractivity contribution in [2.24, 2.45) is 0 Å². The van der Waals surface area contributed by atoms with Crippen LogP contribution in [0.25, 0.3) is 32.3 Å². The van der Waals surface area contributed by atoms with Gasteiger partial charge in [0.05, 0.1) is 0 Å². The highest BCUT2D eigenvalue weighted by Crippen LogP contribution is 2.38. The van der Waals surface area contributed by atoms with Gasteiger partial charge in [0.25, 0.3) is 0 Å². The highest BCUT2D eigenvalue weighted by atomic mass is 31.1. The summed E-state index contributed by atoms with van der Waals surface area (Å²) in [6, 6.07) is 22.6. The van der Waals surface area contributed by atoms with Crippen LogP contribution in [-0.4, -0.2) is 37.9 Å². The molecular formula is C31H42BO3P. The molecule has 0 unspecified atom stereocenters. The van der Waals surface area contributed by atoms with Gasteiger partial charge in [-0.25, -0.2) is 0 Å². The van der Waals surface area contributed by atoms with Crippen LogP contribution in [0.2, 0.25) is 0 Å². The van der Waals surface area contributed by atoms with Gasteiger partial charge in [0, 0.05) is 12.5 Å². The van der Waals surface area contributed by atoms with Crippen LogP contribution < -0.4 is 4.65 Å². The van der Waals surface area contributed by atoms with Crippen LogP contribution in [0.5, 0.6) is 5.75 Å². The van der Waals surface area contributed by atoms with Crippen LogP contribution in [0, 0.1) is 0 Å². The van der Waals surface area contributed by atoms with Gasteiger partial charge in [-0.3, -0.25) is 0 Å². The first-order chi connectivity index (χ1) is 17.6. The summed E-state index contributed by atoms with van der Waals surface area (Å²) in [5, 5.41) is 16.3. The fourth-order valence-electron chi connectivity index (χ4n) is 4.50. The SMILES string of the molecule is CCCCP(CCCC)CCCC.COB(O)Oc1cccc2ccc3cc4ccccc4cc3c12. The maximum Gasteiger partial charge on any atom is 0.710 e. The molecule has 0 fully saturated rings. The Hall–Kier alpha value is -2.13. The minimum atomic E-state index is -1.28. The molecule has 0 saturated heterocycles. The molecule has 3 nitrogen and oxygen atoms in total. The predicted molar refractivity (Wildman–Crippen MR) is 161 cm³/mol. The Morgan fingerprint density at radius 1 is 0.694 bits per heavy atom. The number of hydrogen-bond acceptors (Lipinski definition) is 3. The standard InChI is InChI=1S/C19H15BO3.C12H27P/c1-22-20(21)23-18-8-4-7-13-9-10-16-11-14-5-2-3-6-15(14)12-17(16)19(13)18;1-4-7-10-13(11-8-5-2)12-9-6-3/h2-12,21H,1H3;4-12H2,1-3H3. The smallest absolute Gasteiger partial charge is 0.511 e. The number of hydrogen-bond donors (Lipinski definition) is 1. The molecule has 0 spiro atoms. The van der Waals surface area contributed by atoms with Crippen LogP contribution in [0.1, 0.15) is 59.3 Å². The summed E-state index contributed by atoms with van der Waals surface area (Å²) in [6.45, 7) is 6.94. The normalized spacial score (nSPS) is 11.2. The summed E-state index contributed by atoms with van der Waals surface area (Å²) >= 11 is 0. The van der Waals surface area contributed by atoms with Gasteiger partial charge >= 0.3 is 7.32 Å². The molecule has 4 aromatic carbocycles. The Morgan fingerprint density at radius 3 is 1.83 bits per heavy atom. The van der Waals surface area contributed by atoms with E-state index in [1.807, 2.05) is 30.3 Å². The Morgan fingerprint density at radius 2 is 1.25 bits per heavy atom. The Labute approximate surface area is 219 Å². The molecule has 1 N–H and O–H groups in total. The molecule has 0 aliphatic carbocycles. The van der Waals surface area contributed by atoms with Crippen molar-refractivity contribution in [1.29, 1.82) is 0 Å². The first-order valence-electron chi connectivity index (χ1n) is 13.5. The van der Waals surface area contributed by atoms with Crippen molar-refractivity contribution in [1.82, 2.24) is 0 Å². The lowest BCUT2D eigenvalue weighted by Crippen LogP contribution is -2.24. The van der Waals surface area contributed by atoms with Gasteiger partial charge in [-0.1, -0.05) is 88.6 Å². The van der Waals surface area contributed by atoms with E-state index < -0.39 is 7.32 Å². The van der Waals surface area contributed by atoms with Crippen LogP contribution in [0.4, 0.5) is 0 Å². The summed E-state index contributed by atoms with van der Waals surface area (Å²) in [6.07, 6.45) is 13.2. The molecule has 0 amide bonds. The Balaban J connectivity index is 0.000000240. The second kappa shape index (κ2) is 15.2. The van der Waals surface area contributed by atoms with E-state index in [1.54, 1.807) is 18.5 Å². The first-order valence-corrected chi connectivity index (χ1v) is 15.4. The highest BCUT2D eigenvalue weighted by Gasteiger charge is 2.18. The topological polar surface area (TPSA) is 38.7 Å². The van der Waals surface area contributed by atoms with Crippen molar-refractivity contribution in [3.05, 3.63) is 66.7 Å². The number of unbranched alkanes of at least 4 members (excludes halogenated alkanes) is 3. The molecule has 0 aromatic heterocycles. The van der Waals surface area contributed by atoms with E-state index in [0.29, 0.717) is 13.7 Å². The molecule has 36 heavy (non-hydrogen) atoms. The number of benzene rings is 4. The Kier molecular flexibility index (Phi) is 12.0. The van der Waals surface area contributed by atoms with Gasteiger partial charge in [-0.2, -0.15) is 0 Å². The quantitative estimate of drug-likeness (QED) is 0.0906. The second-order valence-corrected chi connectivity index (χ2v) is 12.1. The highest BCUT2D eigenvalue weighted by molar-refractivity contribution is 7.57. The van der Waals surface area contributed by atoms with Crippen LogP contribution in [0.15, 0.2) is 66.7 Å². The molecule has 0 aliphatic rings. The lowest BCUT2D eigenvalue weighted by molar-refractivity contribution is 0.239. The fourth-order valence-corrected chi connectivity index (χ4v) is 7.46. The summed E-state index contributed by atoms with van der Waals surface area (Å²) in [4.78, 5) is 0. The molecule has 5 heteroatoms. The molecular weight excluding hydrogens is 462 g/mol. The largest absolute Gasteiger partial charge is 0.710 e. The molecule has 192 valence electrons. The third kappa shape index (κ3) is 7.94. The van der Waals surface area contributed by atoms with Gasteiger partial charge in [0.2, 0.25) is 0 Å². The van der Waals surface area contributed by atoms with E-state index in [-0.39, 0.29) is 0 Å². The molecule has 0 bridgehead atoms. The van der Waals surface area contributed by atoms with Gasteiger partial charge < -0.3 is 14.3 Å². The van der Waals surface area contributed by atoms with E-state index in [9.17, 15) is 5.02 Å². The summed E-state index contributed by atoms with van der Waals surface area (Å²) in [7, 11) is 0.545. The monoisotopic (exact) mass is 504 g/mol. The molecule has 0 radical (unpaired) electrons. The zero-order chi connectivity index (χ0) is 25.8. The minimum Gasteiger partial charge on any atom is -0.511 e. The van der Waals surface area contributed by atoms with Crippen LogP contribution in [-0.2, 0) is 4.65 Å². The average molecular weight is 504 g/mol. The summed E-state index contributed by atoms with van der Waals surface area (Å²) in [5.74, 6) is 0.609. The van der Waals surface area contributed by atoms with Crippen molar-refractivity contribution in [3.8, 4) is 5.75 Å². The van der Waals surface area contributed by atoms with Gasteiger partial charge in [0.1, 0.15) is 5.75 Å². The van der Waals surface area contributed by atoms with Crippen molar-refractivity contribution < 1.29 is 14.3 Å². The Bertz CT molecular complexity index is 1190. The van der Waals surface area contributed by atoms with Crippen molar-refractivity contribution in [2.45, 2.75) is 59.3 Å². The molecule has 0 saturated carbocycles. The molecule has 4 aromatic rings. The third-order valence-corrected chi connectivity index (χ3v) is 9.45. The number of fused-ring (bicyclic) bond motifs is 4. The number of rotatable bonds is 12. The lowest BCUT2D eigenvalue weighted by Gasteiger charge is -2.16. The van der Waals surface area contributed by atoms with E-state index in [0.717, 1.165) is 21.5 Å². The zero-order valence-corrected chi connectivity index (χ0v) is 23.4. The maximum atomic E-state index is 9.67. The summed E-state index contributed by atoms with van der Waals surface area (Å²) < 4.78 is 10.3. The molecule has 0 heterocycles. The fraction of sp³-hybridized carbons (Fsp3) is 0.419. The van der Waals surface area contributed by atoms with Gasteiger partial charge in [0.15, 0.2) is 0 Å². The van der Waals surface area contributed by atoms with Gasteiger partial charge in [-0.15, -0.1) is 7.92 Å². The molecule has 0 atom stereocenters. The summed E-state index contributed by atoms with van der Waals surface area (Å²) in [5.41, 5.74) is 0. The zero-order valence-electron chi connectivity index (χ0n) is 22.5. The molecule has 4 rings (SSSR count).